The molecule has 2 aromatic rings. The van der Waals surface area contributed by atoms with E-state index in [9.17, 15) is 15.3 Å². The van der Waals surface area contributed by atoms with E-state index in [1.165, 1.54) is 81.5 Å². The van der Waals surface area contributed by atoms with Crippen LogP contribution < -0.4 is 5.73 Å². The predicted octanol–water partition coefficient (Wildman–Crippen LogP) is 3.46. The van der Waals surface area contributed by atoms with Gasteiger partial charge >= 0.3 is 0 Å². The molecule has 9 heteroatoms. The molecule has 1 fully saturated rings. The highest BCUT2D eigenvalue weighted by Gasteiger charge is 2.44. The van der Waals surface area contributed by atoms with Crippen LogP contribution in [0.1, 0.15) is 102 Å². The number of nitrogens with zero attached hydrogens (tertiary/aromatic N) is 4. The van der Waals surface area contributed by atoms with Gasteiger partial charge in [-0.2, -0.15) is 0 Å². The van der Waals surface area contributed by atoms with Crippen molar-refractivity contribution in [2.24, 2.45) is 0 Å². The topological polar surface area (TPSA) is 140 Å². The van der Waals surface area contributed by atoms with Crippen LogP contribution in [0.15, 0.2) is 6.33 Å². The molecule has 0 amide bonds. The highest BCUT2D eigenvalue weighted by atomic mass is 16.6. The summed E-state index contributed by atoms with van der Waals surface area (Å²) in [4.78, 5) is 12.9. The van der Waals surface area contributed by atoms with Gasteiger partial charge in [-0.15, -0.1) is 0 Å². The number of aromatic nitrogens is 4. The Morgan fingerprint density at radius 3 is 2.17 bits per heavy atom. The normalized spacial score (nSPS) is 21.9. The SMILES string of the molecule is CCCCCCCCCCCCCCC#Cc1nc(N)c2ncn([C@@H]3O[C@H](CO)C(O)C3O)c2n1. The molecule has 0 radical (unpaired) electrons. The highest BCUT2D eigenvalue weighted by Crippen LogP contribution is 2.31. The number of aliphatic hydroxyl groups excluding tert-OH is 3. The Morgan fingerprint density at radius 2 is 1.57 bits per heavy atom. The van der Waals surface area contributed by atoms with E-state index < -0.39 is 31.1 Å². The average molecular weight is 488 g/mol. The van der Waals surface area contributed by atoms with Crippen LogP contribution in [-0.2, 0) is 4.74 Å². The molecule has 0 bridgehead atoms. The molecule has 35 heavy (non-hydrogen) atoms. The molecule has 0 saturated carbocycles. The largest absolute Gasteiger partial charge is 0.394 e. The summed E-state index contributed by atoms with van der Waals surface area (Å²) in [6, 6.07) is 0. The molecule has 3 rings (SSSR count). The third kappa shape index (κ3) is 7.61. The van der Waals surface area contributed by atoms with Gasteiger partial charge in [-0.1, -0.05) is 83.5 Å². The van der Waals surface area contributed by atoms with Crippen LogP contribution in [-0.4, -0.2) is 59.8 Å². The fraction of sp³-hybridized carbons (Fsp3) is 0.731. The Labute approximate surface area is 208 Å². The molecule has 0 aromatic carbocycles. The standard InChI is InChI=1S/C26H41N5O4/c1-2-3-4-5-6-7-8-9-10-11-12-13-14-15-16-20-29-24(27)21-25(30-20)31(18-28-21)26-23(34)22(33)19(17-32)35-26/h18-19,22-23,26,32-34H,2-14,17H2,1H3,(H2,27,29,30)/t19-,22?,23?,26-/m1/s1. The fourth-order valence-electron chi connectivity index (χ4n) is 4.49. The molecule has 0 spiro atoms. The maximum Gasteiger partial charge on any atom is 0.208 e. The van der Waals surface area contributed by atoms with Crippen molar-refractivity contribution in [2.75, 3.05) is 12.3 Å². The van der Waals surface area contributed by atoms with Crippen molar-refractivity contribution in [1.82, 2.24) is 19.5 Å². The van der Waals surface area contributed by atoms with Crippen molar-refractivity contribution in [3.63, 3.8) is 0 Å². The molecule has 0 aliphatic carbocycles. The minimum Gasteiger partial charge on any atom is -0.394 e. The van der Waals surface area contributed by atoms with E-state index in [0.29, 0.717) is 11.2 Å². The van der Waals surface area contributed by atoms with Crippen molar-refractivity contribution in [3.05, 3.63) is 12.2 Å². The highest BCUT2D eigenvalue weighted by molar-refractivity contribution is 5.82. The van der Waals surface area contributed by atoms with Gasteiger partial charge < -0.3 is 25.8 Å². The lowest BCUT2D eigenvalue weighted by Crippen LogP contribution is -2.33. The van der Waals surface area contributed by atoms with E-state index in [4.69, 9.17) is 10.5 Å². The number of hydrogen-bond acceptors (Lipinski definition) is 8. The molecule has 4 atom stereocenters. The first-order valence-electron chi connectivity index (χ1n) is 13.2. The van der Waals surface area contributed by atoms with Crippen molar-refractivity contribution in [1.29, 1.82) is 0 Å². The van der Waals surface area contributed by atoms with Crippen LogP contribution in [0, 0.1) is 11.8 Å². The quantitative estimate of drug-likeness (QED) is 0.235. The summed E-state index contributed by atoms with van der Waals surface area (Å²) < 4.78 is 7.08. The van der Waals surface area contributed by atoms with E-state index in [0.717, 1.165) is 12.8 Å². The lowest BCUT2D eigenvalue weighted by atomic mass is 10.0. The van der Waals surface area contributed by atoms with Crippen LogP contribution in [0.3, 0.4) is 0 Å². The van der Waals surface area contributed by atoms with Gasteiger partial charge in [0.25, 0.3) is 0 Å². The Balaban J connectivity index is 1.43. The van der Waals surface area contributed by atoms with Crippen molar-refractivity contribution >= 4 is 17.0 Å². The summed E-state index contributed by atoms with van der Waals surface area (Å²) >= 11 is 0. The monoisotopic (exact) mass is 487 g/mol. The van der Waals surface area contributed by atoms with Crippen LogP contribution in [0.4, 0.5) is 5.82 Å². The Kier molecular flexibility index (Phi) is 11.2. The zero-order valence-electron chi connectivity index (χ0n) is 20.9. The zero-order chi connectivity index (χ0) is 25.0. The molecular formula is C26H41N5O4. The number of nitrogens with two attached hydrogens (primary N) is 1. The molecule has 2 aromatic heterocycles. The number of anilines is 1. The number of aliphatic hydroxyl groups is 3. The minimum absolute atomic E-state index is 0.190. The number of imidazole rings is 1. The summed E-state index contributed by atoms with van der Waals surface area (Å²) in [6.45, 7) is 1.85. The smallest absolute Gasteiger partial charge is 0.208 e. The van der Waals surface area contributed by atoms with Gasteiger partial charge in [-0.25, -0.2) is 15.0 Å². The Hall–Kier alpha value is -2.25. The minimum atomic E-state index is -1.24. The molecule has 1 aliphatic rings. The Morgan fingerprint density at radius 1 is 0.943 bits per heavy atom. The average Bonchev–Trinajstić information content (AvgIpc) is 3.40. The van der Waals surface area contributed by atoms with Gasteiger partial charge in [-0.3, -0.25) is 4.57 Å². The summed E-state index contributed by atoms with van der Waals surface area (Å²) in [6.07, 6.45) is 13.6. The first-order chi connectivity index (χ1) is 17.1. The number of hydrogen-bond donors (Lipinski definition) is 4. The molecule has 1 aliphatic heterocycles. The van der Waals surface area contributed by atoms with Gasteiger partial charge in [0.1, 0.15) is 23.8 Å². The maximum atomic E-state index is 10.3. The number of ether oxygens (including phenoxy) is 1. The number of fused-ring (bicyclic) bond motifs is 1. The fourth-order valence-corrected chi connectivity index (χ4v) is 4.49. The summed E-state index contributed by atoms with van der Waals surface area (Å²) in [5, 5.41) is 29.7. The molecule has 3 heterocycles. The molecule has 194 valence electrons. The lowest BCUT2D eigenvalue weighted by molar-refractivity contribution is -0.0511. The summed E-state index contributed by atoms with van der Waals surface area (Å²) in [7, 11) is 0. The molecular weight excluding hydrogens is 446 g/mol. The van der Waals surface area contributed by atoms with Crippen LogP contribution in [0.5, 0.6) is 0 Å². The number of rotatable bonds is 14. The van der Waals surface area contributed by atoms with Crippen LogP contribution in [0.25, 0.3) is 11.2 Å². The van der Waals surface area contributed by atoms with E-state index >= 15 is 0 Å². The second-order valence-electron chi connectivity index (χ2n) is 9.43. The predicted molar refractivity (Wildman–Crippen MR) is 135 cm³/mol. The second kappa shape index (κ2) is 14.3. The third-order valence-electron chi connectivity index (χ3n) is 6.60. The van der Waals surface area contributed by atoms with E-state index in [2.05, 4.69) is 33.7 Å². The Bertz CT molecular complexity index is 970. The zero-order valence-corrected chi connectivity index (χ0v) is 20.9. The summed E-state index contributed by atoms with van der Waals surface area (Å²) in [5.74, 6) is 6.58. The van der Waals surface area contributed by atoms with Gasteiger partial charge in [0, 0.05) is 6.42 Å². The molecule has 2 unspecified atom stereocenters. The summed E-state index contributed by atoms with van der Waals surface area (Å²) in [5.41, 5.74) is 6.78. The van der Waals surface area contributed by atoms with Crippen molar-refractivity contribution in [2.45, 2.75) is 115 Å². The van der Waals surface area contributed by atoms with E-state index in [-0.39, 0.29) is 11.6 Å². The molecule has 1 saturated heterocycles. The van der Waals surface area contributed by atoms with Crippen LogP contribution in [0.2, 0.25) is 0 Å². The van der Waals surface area contributed by atoms with Gasteiger partial charge in [-0.05, 0) is 12.3 Å². The van der Waals surface area contributed by atoms with Crippen LogP contribution >= 0.6 is 0 Å². The number of unbranched alkanes of at least 4 members (excludes halogenated alkanes) is 12. The lowest BCUT2D eigenvalue weighted by Gasteiger charge is -2.16. The van der Waals surface area contributed by atoms with E-state index in [1.807, 2.05) is 0 Å². The van der Waals surface area contributed by atoms with Gasteiger partial charge in [0.05, 0.1) is 12.9 Å². The van der Waals surface area contributed by atoms with Gasteiger partial charge in [0.2, 0.25) is 5.82 Å². The molecule has 5 N–H and O–H groups in total. The molecule has 9 nitrogen and oxygen atoms in total. The van der Waals surface area contributed by atoms with Crippen molar-refractivity contribution < 1.29 is 20.1 Å². The second-order valence-corrected chi connectivity index (χ2v) is 9.43. The number of nitrogen functional groups attached to an aromatic ring is 1. The van der Waals surface area contributed by atoms with Gasteiger partial charge in [0.15, 0.2) is 17.7 Å². The first-order valence-corrected chi connectivity index (χ1v) is 13.2. The third-order valence-corrected chi connectivity index (χ3v) is 6.60. The first kappa shape index (κ1) is 27.3. The van der Waals surface area contributed by atoms with E-state index in [1.54, 1.807) is 0 Å². The van der Waals surface area contributed by atoms with Crippen molar-refractivity contribution in [3.8, 4) is 11.8 Å². The maximum absolute atomic E-state index is 10.3.